The molecule has 9 heteroatoms. The van der Waals surface area contributed by atoms with E-state index in [-0.39, 0.29) is 24.7 Å². The van der Waals surface area contributed by atoms with Crippen LogP contribution in [0.3, 0.4) is 0 Å². The number of aryl methyl sites for hydroxylation is 1. The third-order valence-corrected chi connectivity index (χ3v) is 4.84. The average Bonchev–Trinajstić information content (AvgIpc) is 2.77. The number of benzene rings is 3. The fourth-order valence-corrected chi connectivity index (χ4v) is 3.14. The van der Waals surface area contributed by atoms with E-state index in [0.717, 1.165) is 29.8 Å². The fraction of sp³-hybridized carbons (Fsp3) is 0.167. The van der Waals surface area contributed by atoms with Gasteiger partial charge in [0.05, 0.1) is 5.56 Å². The number of carbonyl (C=O) groups is 2. The molecule has 0 atom stereocenters. The second-order valence-corrected chi connectivity index (χ2v) is 7.21. The van der Waals surface area contributed by atoms with E-state index in [2.05, 4.69) is 10.6 Å². The van der Waals surface area contributed by atoms with Gasteiger partial charge in [0, 0.05) is 30.0 Å². The highest BCUT2D eigenvalue weighted by Crippen LogP contribution is 2.30. The number of amides is 3. The fourth-order valence-electron chi connectivity index (χ4n) is 3.14. The van der Waals surface area contributed by atoms with E-state index in [1.165, 1.54) is 29.2 Å². The molecule has 0 bridgehead atoms. The van der Waals surface area contributed by atoms with Gasteiger partial charge in [0.15, 0.2) is 0 Å². The molecule has 2 N–H and O–H groups in total. The molecular weight excluding hydrogens is 438 g/mol. The summed E-state index contributed by atoms with van der Waals surface area (Å²) in [7, 11) is 0. The van der Waals surface area contributed by atoms with Crippen molar-refractivity contribution >= 4 is 23.3 Å². The van der Waals surface area contributed by atoms with Gasteiger partial charge in [-0.2, -0.15) is 13.2 Å². The number of nitrogens with zero attached hydrogens (tertiary/aromatic N) is 1. The summed E-state index contributed by atoms with van der Waals surface area (Å²) in [6.07, 6.45) is -4.56. The van der Waals surface area contributed by atoms with Gasteiger partial charge < -0.3 is 10.6 Å². The summed E-state index contributed by atoms with van der Waals surface area (Å²) in [5.41, 5.74) is 0.628. The zero-order chi connectivity index (χ0) is 24.0. The molecule has 0 aromatic heterocycles. The Morgan fingerprint density at radius 2 is 1.64 bits per heavy atom. The monoisotopic (exact) mass is 459 g/mol. The molecule has 5 nitrogen and oxygen atoms in total. The topological polar surface area (TPSA) is 61.4 Å². The van der Waals surface area contributed by atoms with Crippen LogP contribution in [0, 0.1) is 12.7 Å². The Kier molecular flexibility index (Phi) is 7.32. The molecule has 172 valence electrons. The van der Waals surface area contributed by atoms with Crippen molar-refractivity contribution in [3.05, 3.63) is 95.3 Å². The second-order valence-electron chi connectivity index (χ2n) is 7.21. The predicted molar refractivity (Wildman–Crippen MR) is 118 cm³/mol. The summed E-state index contributed by atoms with van der Waals surface area (Å²) < 4.78 is 52.3. The van der Waals surface area contributed by atoms with Gasteiger partial charge in [0.1, 0.15) is 5.82 Å². The quantitative estimate of drug-likeness (QED) is 0.470. The van der Waals surface area contributed by atoms with Gasteiger partial charge in [-0.05, 0) is 61.0 Å². The Balaban J connectivity index is 1.74. The molecule has 3 rings (SSSR count). The van der Waals surface area contributed by atoms with E-state index in [4.69, 9.17) is 0 Å². The van der Waals surface area contributed by atoms with Crippen LogP contribution in [0.2, 0.25) is 0 Å². The Hall–Kier alpha value is -3.88. The zero-order valence-electron chi connectivity index (χ0n) is 17.6. The van der Waals surface area contributed by atoms with Crippen LogP contribution in [0.25, 0.3) is 0 Å². The van der Waals surface area contributed by atoms with Gasteiger partial charge in [-0.3, -0.25) is 9.69 Å². The summed E-state index contributed by atoms with van der Waals surface area (Å²) in [6, 6.07) is 15.5. The lowest BCUT2D eigenvalue weighted by molar-refractivity contribution is -0.137. The van der Waals surface area contributed by atoms with Crippen LogP contribution in [-0.2, 0) is 6.18 Å². The second kappa shape index (κ2) is 10.2. The first kappa shape index (κ1) is 23.8. The van der Waals surface area contributed by atoms with Crippen LogP contribution in [0.4, 0.5) is 33.7 Å². The zero-order valence-corrected chi connectivity index (χ0v) is 17.6. The molecule has 0 heterocycles. The van der Waals surface area contributed by atoms with E-state index < -0.39 is 23.6 Å². The molecule has 0 aliphatic heterocycles. The van der Waals surface area contributed by atoms with E-state index in [1.54, 1.807) is 31.2 Å². The maximum Gasteiger partial charge on any atom is 0.416 e. The molecule has 0 unspecified atom stereocenters. The molecular formula is C24H21F4N3O2. The Morgan fingerprint density at radius 3 is 2.30 bits per heavy atom. The number of halogens is 4. The number of urea groups is 1. The maximum absolute atomic E-state index is 13.4. The van der Waals surface area contributed by atoms with Crippen LogP contribution in [-0.4, -0.2) is 25.0 Å². The van der Waals surface area contributed by atoms with Gasteiger partial charge >= 0.3 is 12.2 Å². The third-order valence-electron chi connectivity index (χ3n) is 4.84. The first-order valence-electron chi connectivity index (χ1n) is 10.0. The highest BCUT2D eigenvalue weighted by atomic mass is 19.4. The van der Waals surface area contributed by atoms with Crippen LogP contribution in [0.5, 0.6) is 0 Å². The van der Waals surface area contributed by atoms with Crippen molar-refractivity contribution in [1.82, 2.24) is 5.32 Å². The number of carbonyl (C=O) groups excluding carboxylic acids is 2. The van der Waals surface area contributed by atoms with E-state index >= 15 is 0 Å². The number of hydrogen-bond acceptors (Lipinski definition) is 2. The molecule has 0 radical (unpaired) electrons. The van der Waals surface area contributed by atoms with Crippen molar-refractivity contribution in [1.29, 1.82) is 0 Å². The van der Waals surface area contributed by atoms with Gasteiger partial charge in [0.25, 0.3) is 5.91 Å². The highest BCUT2D eigenvalue weighted by Gasteiger charge is 2.30. The Morgan fingerprint density at radius 1 is 0.939 bits per heavy atom. The molecule has 0 fully saturated rings. The number of alkyl halides is 3. The lowest BCUT2D eigenvalue weighted by Gasteiger charge is -2.24. The highest BCUT2D eigenvalue weighted by molar-refractivity contribution is 6.02. The van der Waals surface area contributed by atoms with Crippen molar-refractivity contribution in [3.63, 3.8) is 0 Å². The third kappa shape index (κ3) is 6.31. The predicted octanol–water partition coefficient (Wildman–Crippen LogP) is 5.62. The average molecular weight is 459 g/mol. The Bertz CT molecular complexity index is 1130. The summed E-state index contributed by atoms with van der Waals surface area (Å²) in [5.74, 6) is -0.838. The van der Waals surface area contributed by atoms with Crippen molar-refractivity contribution in [2.75, 3.05) is 23.3 Å². The summed E-state index contributed by atoms with van der Waals surface area (Å²) in [6.45, 7) is 1.84. The van der Waals surface area contributed by atoms with Crippen molar-refractivity contribution in [3.8, 4) is 0 Å². The lowest BCUT2D eigenvalue weighted by atomic mass is 10.1. The van der Waals surface area contributed by atoms with E-state index in [1.807, 2.05) is 0 Å². The largest absolute Gasteiger partial charge is 0.416 e. The van der Waals surface area contributed by atoms with Crippen LogP contribution in [0.15, 0.2) is 72.8 Å². The summed E-state index contributed by atoms with van der Waals surface area (Å²) >= 11 is 0. The molecule has 33 heavy (non-hydrogen) atoms. The van der Waals surface area contributed by atoms with Gasteiger partial charge in [-0.1, -0.05) is 24.3 Å². The van der Waals surface area contributed by atoms with Crippen molar-refractivity contribution < 1.29 is 27.2 Å². The van der Waals surface area contributed by atoms with Gasteiger partial charge in [-0.25, -0.2) is 9.18 Å². The minimum Gasteiger partial charge on any atom is -0.350 e. The molecule has 3 amide bonds. The van der Waals surface area contributed by atoms with Crippen LogP contribution >= 0.6 is 0 Å². The number of nitrogens with one attached hydrogen (secondary N) is 2. The van der Waals surface area contributed by atoms with E-state index in [0.29, 0.717) is 11.3 Å². The number of rotatable bonds is 6. The maximum atomic E-state index is 13.4. The Labute approximate surface area is 188 Å². The van der Waals surface area contributed by atoms with Crippen molar-refractivity contribution in [2.45, 2.75) is 13.1 Å². The van der Waals surface area contributed by atoms with Gasteiger partial charge in [-0.15, -0.1) is 0 Å². The molecule has 3 aromatic carbocycles. The van der Waals surface area contributed by atoms with Gasteiger partial charge in [0.2, 0.25) is 0 Å². The SMILES string of the molecule is Cc1ccccc1C(=O)NCCN(C(=O)Nc1cccc(C(F)(F)F)c1)c1ccc(F)cc1. The lowest BCUT2D eigenvalue weighted by Crippen LogP contribution is -2.41. The minimum absolute atomic E-state index is 0.00590. The van der Waals surface area contributed by atoms with Crippen molar-refractivity contribution in [2.24, 2.45) is 0 Å². The van der Waals surface area contributed by atoms with Crippen LogP contribution in [0.1, 0.15) is 21.5 Å². The number of anilines is 2. The van der Waals surface area contributed by atoms with E-state index in [9.17, 15) is 27.2 Å². The molecule has 0 spiro atoms. The molecule has 0 aliphatic carbocycles. The normalized spacial score (nSPS) is 11.1. The first-order valence-corrected chi connectivity index (χ1v) is 10.0. The summed E-state index contributed by atoms with van der Waals surface area (Å²) in [5, 5.41) is 5.14. The molecule has 0 saturated carbocycles. The minimum atomic E-state index is -4.56. The standard InChI is InChI=1S/C24H21F4N3O2/c1-16-5-2-3-8-21(16)22(32)29-13-14-31(20-11-9-18(25)10-12-20)23(33)30-19-7-4-6-17(15-19)24(26,27)28/h2-12,15H,13-14H2,1H3,(H,29,32)(H,30,33). The first-order chi connectivity index (χ1) is 15.6. The molecule has 0 saturated heterocycles. The summed E-state index contributed by atoms with van der Waals surface area (Å²) in [4.78, 5) is 26.5. The smallest absolute Gasteiger partial charge is 0.350 e. The molecule has 0 aliphatic rings. The molecule has 3 aromatic rings. The number of hydrogen-bond donors (Lipinski definition) is 2. The van der Waals surface area contributed by atoms with Crippen LogP contribution < -0.4 is 15.5 Å².